The topological polar surface area (TPSA) is 31.4 Å². The third-order valence-corrected chi connectivity index (χ3v) is 19.4. The molecule has 0 radical (unpaired) electrons. The van der Waals surface area contributed by atoms with Crippen molar-refractivity contribution in [1.29, 1.82) is 0 Å². The zero-order valence-corrected chi connectivity index (χ0v) is 49.2. The minimum absolute atomic E-state index is 0.152. The Kier molecular flexibility index (Phi) is 12.8. The molecular weight excluding hydrogens is 1110 g/mol. The second-order valence-corrected chi connectivity index (χ2v) is 24.5. The minimum atomic E-state index is -0.152. The lowest BCUT2D eigenvalue weighted by Crippen LogP contribution is -2.64. The number of hydrogen-bond acceptors (Lipinski definition) is 8. The summed E-state index contributed by atoms with van der Waals surface area (Å²) in [5.41, 5.74) is 20.6. The molecule has 0 bridgehead atoms. The number of benzene rings is 13. The molecule has 6 nitrogen and oxygen atoms in total. The first-order valence-electron chi connectivity index (χ1n) is 29.8. The molecule has 414 valence electrons. The van der Waals surface area contributed by atoms with E-state index >= 15 is 0 Å². The Labute approximate surface area is 521 Å². The molecule has 0 aliphatic carbocycles. The van der Waals surface area contributed by atoms with Crippen LogP contribution in [0, 0.1) is 0 Å². The molecule has 0 fully saturated rings. The monoisotopic (exact) mass is 1160 g/mol. The highest BCUT2D eigenvalue weighted by molar-refractivity contribution is 8.00. The molecule has 0 saturated carbocycles. The molecule has 4 aliphatic heterocycles. The van der Waals surface area contributed by atoms with Crippen LogP contribution < -0.4 is 61.9 Å². The highest BCUT2D eigenvalue weighted by Crippen LogP contribution is 2.50. The van der Waals surface area contributed by atoms with Crippen LogP contribution in [0.4, 0.5) is 68.2 Å². The van der Waals surface area contributed by atoms with Crippen molar-refractivity contribution in [3.05, 3.63) is 315 Å². The number of hydrogen-bond donors (Lipinski definition) is 0. The predicted molar refractivity (Wildman–Crippen MR) is 369 cm³/mol. The van der Waals surface area contributed by atoms with Crippen LogP contribution in [-0.4, -0.2) is 13.4 Å². The minimum Gasteiger partial charge on any atom is -0.457 e. The van der Waals surface area contributed by atoms with Gasteiger partial charge in [-0.15, -0.1) is 0 Å². The van der Waals surface area contributed by atoms with Crippen molar-refractivity contribution in [3.8, 4) is 23.0 Å². The van der Waals surface area contributed by atoms with Crippen LogP contribution in [-0.2, 0) is 0 Å². The van der Waals surface area contributed by atoms with Crippen LogP contribution in [0.25, 0.3) is 0 Å². The third kappa shape index (κ3) is 9.02. The SMILES string of the molecule is c1ccc(Oc2cc3c4c(c2)N(c2ccccc2)c2cc5c(cc2B4c2ccc(N(c4ccccc4)c4ccccc4)cc2S3)B2c3ccc(N(c4ccccc4)c4ccccc4)cc3Sc3cc(Oc4ccccc4)cc(c32)N5c2ccccc2)cc1. The van der Waals surface area contributed by atoms with Gasteiger partial charge in [-0.05, 0) is 161 Å². The van der Waals surface area contributed by atoms with E-state index in [2.05, 4.69) is 274 Å². The summed E-state index contributed by atoms with van der Waals surface area (Å²) in [4.78, 5) is 14.4. The van der Waals surface area contributed by atoms with E-state index in [9.17, 15) is 0 Å². The standard InChI is InChI=1S/C78H52B2N4O2S2/c1-9-25-53(26-10-1)81(54-27-11-2-12-28-54)59-41-43-65-73(45-59)87-75-49-63(85-61-37-21-7-22-38-61)47-71-77(75)79(65)67-51-68-70(52-69(67)83(71)57-33-17-5-18-34-57)84(58-35-19-6-20-36-58)72-48-64(86-62-39-23-8-24-40-62)50-76-78(72)80(68)66-44-42-60(46-74(66)88-76)82(55-29-13-3-14-30-55)56-31-15-4-16-32-56/h1-52H. The highest BCUT2D eigenvalue weighted by atomic mass is 32.2. The first kappa shape index (κ1) is 51.9. The summed E-state index contributed by atoms with van der Waals surface area (Å²) in [5, 5.41) is 0. The van der Waals surface area contributed by atoms with Crippen molar-refractivity contribution < 1.29 is 9.47 Å². The molecule has 13 aromatic carbocycles. The van der Waals surface area contributed by atoms with E-state index in [-0.39, 0.29) is 13.4 Å². The molecule has 0 atom stereocenters. The Morgan fingerprint density at radius 3 is 0.932 bits per heavy atom. The summed E-state index contributed by atoms with van der Waals surface area (Å²) >= 11 is 3.67. The van der Waals surface area contributed by atoms with Gasteiger partial charge in [-0.1, -0.05) is 198 Å². The summed E-state index contributed by atoms with van der Waals surface area (Å²) < 4.78 is 13.8. The normalized spacial score (nSPS) is 12.8. The van der Waals surface area contributed by atoms with Crippen molar-refractivity contribution in [1.82, 2.24) is 0 Å². The third-order valence-electron chi connectivity index (χ3n) is 17.1. The van der Waals surface area contributed by atoms with E-state index < -0.39 is 0 Å². The lowest BCUT2D eigenvalue weighted by molar-refractivity contribution is 0.481. The summed E-state index contributed by atoms with van der Waals surface area (Å²) in [6.07, 6.45) is 0. The van der Waals surface area contributed by atoms with Crippen molar-refractivity contribution >= 4 is 138 Å². The van der Waals surface area contributed by atoms with Gasteiger partial charge in [-0.25, -0.2) is 0 Å². The molecule has 0 unspecified atom stereocenters. The Morgan fingerprint density at radius 2 is 0.580 bits per heavy atom. The second-order valence-electron chi connectivity index (χ2n) is 22.4. The molecule has 17 rings (SSSR count). The molecule has 13 aromatic rings. The highest BCUT2D eigenvalue weighted by Gasteiger charge is 2.47. The Hall–Kier alpha value is -10.5. The summed E-state index contributed by atoms with van der Waals surface area (Å²) in [7, 11) is 0. The van der Waals surface area contributed by atoms with E-state index in [1.54, 1.807) is 0 Å². The van der Waals surface area contributed by atoms with Gasteiger partial charge in [-0.3, -0.25) is 0 Å². The van der Waals surface area contributed by atoms with Crippen LogP contribution in [0.1, 0.15) is 0 Å². The number of para-hydroxylation sites is 8. The maximum atomic E-state index is 6.92. The Balaban J connectivity index is 0.929. The number of anilines is 12. The van der Waals surface area contributed by atoms with E-state index in [1.165, 1.54) is 42.6 Å². The fourth-order valence-corrected chi connectivity index (χ4v) is 15.9. The largest absolute Gasteiger partial charge is 0.457 e. The molecular formula is C78H52B2N4O2S2. The summed E-state index contributed by atoms with van der Waals surface area (Å²) in [6.45, 7) is -0.304. The fourth-order valence-electron chi connectivity index (χ4n) is 13.5. The van der Waals surface area contributed by atoms with Gasteiger partial charge in [0, 0.05) is 100.0 Å². The smallest absolute Gasteiger partial charge is 0.249 e. The molecule has 0 amide bonds. The van der Waals surface area contributed by atoms with E-state index in [1.807, 2.05) is 84.2 Å². The van der Waals surface area contributed by atoms with E-state index in [0.717, 1.165) is 101 Å². The van der Waals surface area contributed by atoms with Crippen molar-refractivity contribution in [2.45, 2.75) is 19.6 Å². The van der Waals surface area contributed by atoms with Gasteiger partial charge in [-0.2, -0.15) is 0 Å². The Morgan fingerprint density at radius 1 is 0.250 bits per heavy atom. The van der Waals surface area contributed by atoms with Gasteiger partial charge in [0.05, 0.1) is 0 Å². The fraction of sp³-hybridized carbons (Fsp3) is 0. The van der Waals surface area contributed by atoms with Gasteiger partial charge >= 0.3 is 0 Å². The van der Waals surface area contributed by atoms with Crippen LogP contribution in [0.15, 0.2) is 335 Å². The summed E-state index contributed by atoms with van der Waals surface area (Å²) in [6, 6.07) is 113. The molecule has 10 heteroatoms. The molecule has 0 N–H and O–H groups in total. The number of nitrogens with zero attached hydrogens (tertiary/aromatic N) is 4. The van der Waals surface area contributed by atoms with Crippen LogP contribution in [0.5, 0.6) is 23.0 Å². The lowest BCUT2D eigenvalue weighted by atomic mass is 9.31. The zero-order valence-electron chi connectivity index (χ0n) is 47.6. The molecule has 4 heterocycles. The average Bonchev–Trinajstić information content (AvgIpc) is 1.00. The zero-order chi connectivity index (χ0) is 58.1. The van der Waals surface area contributed by atoms with Crippen LogP contribution >= 0.6 is 23.5 Å². The van der Waals surface area contributed by atoms with Crippen molar-refractivity contribution in [2.75, 3.05) is 19.6 Å². The lowest BCUT2D eigenvalue weighted by Gasteiger charge is -2.44. The van der Waals surface area contributed by atoms with E-state index in [0.29, 0.717) is 0 Å². The average molecular weight is 1160 g/mol. The van der Waals surface area contributed by atoms with Crippen LogP contribution in [0.3, 0.4) is 0 Å². The van der Waals surface area contributed by atoms with Crippen molar-refractivity contribution in [2.24, 2.45) is 0 Å². The van der Waals surface area contributed by atoms with E-state index in [4.69, 9.17) is 9.47 Å². The first-order chi connectivity index (χ1) is 43.6. The van der Waals surface area contributed by atoms with Gasteiger partial charge < -0.3 is 29.1 Å². The quantitative estimate of drug-likeness (QED) is 0.112. The van der Waals surface area contributed by atoms with Crippen LogP contribution in [0.2, 0.25) is 0 Å². The molecule has 0 aromatic heterocycles. The maximum absolute atomic E-state index is 6.92. The Bertz CT molecular complexity index is 4390. The molecule has 0 spiro atoms. The van der Waals surface area contributed by atoms with Gasteiger partial charge in [0.2, 0.25) is 13.4 Å². The maximum Gasteiger partial charge on any atom is 0.249 e. The summed E-state index contributed by atoms with van der Waals surface area (Å²) in [5.74, 6) is 3.11. The van der Waals surface area contributed by atoms with Gasteiger partial charge in [0.25, 0.3) is 0 Å². The predicted octanol–water partition coefficient (Wildman–Crippen LogP) is 17.7. The number of rotatable bonds is 12. The number of ether oxygens (including phenoxy) is 2. The molecule has 4 aliphatic rings. The van der Waals surface area contributed by atoms with Gasteiger partial charge in [0.1, 0.15) is 23.0 Å². The van der Waals surface area contributed by atoms with Gasteiger partial charge in [0.15, 0.2) is 0 Å². The number of fused-ring (bicyclic) bond motifs is 8. The first-order valence-corrected chi connectivity index (χ1v) is 31.4. The molecule has 88 heavy (non-hydrogen) atoms. The second kappa shape index (κ2) is 21.8. The van der Waals surface area contributed by atoms with Crippen molar-refractivity contribution in [3.63, 3.8) is 0 Å². The molecule has 0 saturated heterocycles.